The molecule has 0 unspecified atom stereocenters. The molecule has 36 heavy (non-hydrogen) atoms. The molecule has 5 aliphatic carbocycles. The first-order chi connectivity index (χ1) is 16.7. The average molecular weight is 497 g/mol. The van der Waals surface area contributed by atoms with E-state index in [0.29, 0.717) is 36.2 Å². The SMILES string of the molecule is CC1(C)CC[C@]2([n+]3nnn[nH]3)CC[C@]3(C)[C@H](C(=O)C[C@@H]4[C@@]5(C)CCC(=O)C(C)(C)[C@@H]5CC[C@]43C)[C@@H]2C1. The first-order valence-corrected chi connectivity index (χ1v) is 14.4. The van der Waals surface area contributed by atoms with Crippen LogP contribution in [0.1, 0.15) is 113 Å². The Morgan fingerprint density at radius 2 is 1.58 bits per heavy atom. The second kappa shape index (κ2) is 7.25. The zero-order chi connectivity index (χ0) is 25.9. The van der Waals surface area contributed by atoms with E-state index in [9.17, 15) is 9.59 Å². The van der Waals surface area contributed by atoms with Crippen LogP contribution in [0.3, 0.4) is 0 Å². The van der Waals surface area contributed by atoms with E-state index in [1.807, 2.05) is 4.80 Å². The first-order valence-electron chi connectivity index (χ1n) is 14.4. The van der Waals surface area contributed by atoms with Gasteiger partial charge in [-0.05, 0) is 84.9 Å². The van der Waals surface area contributed by atoms with Gasteiger partial charge in [0.15, 0.2) is 0 Å². The summed E-state index contributed by atoms with van der Waals surface area (Å²) in [6.45, 7) is 16.5. The van der Waals surface area contributed by atoms with Crippen LogP contribution < -0.4 is 4.80 Å². The first kappa shape index (κ1) is 24.7. The van der Waals surface area contributed by atoms with Gasteiger partial charge in [-0.1, -0.05) is 58.5 Å². The fraction of sp³-hybridized carbons (Fsp3) is 0.931. The number of nitrogens with zero attached hydrogens (tertiary/aromatic N) is 4. The number of ketones is 2. The van der Waals surface area contributed by atoms with Crippen LogP contribution in [0, 0.1) is 50.7 Å². The van der Waals surface area contributed by atoms with Gasteiger partial charge in [0, 0.05) is 30.1 Å². The molecule has 0 aliphatic heterocycles. The quantitative estimate of drug-likeness (QED) is 0.563. The van der Waals surface area contributed by atoms with Gasteiger partial charge < -0.3 is 0 Å². The van der Waals surface area contributed by atoms with Crippen molar-refractivity contribution >= 4 is 11.6 Å². The highest BCUT2D eigenvalue weighted by Gasteiger charge is 2.73. The van der Waals surface area contributed by atoms with E-state index in [2.05, 4.69) is 69.3 Å². The number of rotatable bonds is 1. The lowest BCUT2D eigenvalue weighted by Crippen LogP contribution is -2.75. The van der Waals surface area contributed by atoms with Crippen LogP contribution in [0.2, 0.25) is 0 Å². The summed E-state index contributed by atoms with van der Waals surface area (Å²) < 4.78 is 0. The van der Waals surface area contributed by atoms with E-state index in [1.54, 1.807) is 0 Å². The van der Waals surface area contributed by atoms with Crippen molar-refractivity contribution in [2.75, 3.05) is 0 Å². The summed E-state index contributed by atoms with van der Waals surface area (Å²) in [4.78, 5) is 29.4. The lowest BCUT2D eigenvalue weighted by atomic mass is 9.32. The van der Waals surface area contributed by atoms with Crippen molar-refractivity contribution in [3.05, 3.63) is 0 Å². The molecule has 0 radical (unpaired) electrons. The molecule has 8 atom stereocenters. The number of H-pyrrole nitrogens is 1. The molecule has 5 saturated carbocycles. The average Bonchev–Trinajstić information content (AvgIpc) is 3.33. The Bertz CT molecular complexity index is 1100. The van der Waals surface area contributed by atoms with Crippen molar-refractivity contribution < 1.29 is 14.4 Å². The van der Waals surface area contributed by atoms with Crippen LogP contribution in [-0.4, -0.2) is 32.4 Å². The number of hydrogen-bond donors (Lipinski definition) is 1. The third-order valence-corrected chi connectivity index (χ3v) is 13.4. The molecule has 1 aromatic heterocycles. The van der Waals surface area contributed by atoms with Crippen molar-refractivity contribution in [3.63, 3.8) is 0 Å². The summed E-state index contributed by atoms with van der Waals surface area (Å²) >= 11 is 0. The number of carbonyl (C=O) groups is 2. The molecule has 1 N–H and O–H groups in total. The molecule has 198 valence electrons. The van der Waals surface area contributed by atoms with Gasteiger partial charge in [-0.25, -0.2) is 0 Å². The Balaban J connectivity index is 1.45. The van der Waals surface area contributed by atoms with E-state index >= 15 is 0 Å². The van der Waals surface area contributed by atoms with Crippen LogP contribution in [0.15, 0.2) is 0 Å². The molecule has 0 spiro atoms. The van der Waals surface area contributed by atoms with Gasteiger partial charge in [0.25, 0.3) is 0 Å². The maximum atomic E-state index is 14.5. The number of carbonyl (C=O) groups excluding carboxylic acids is 2. The minimum Gasteiger partial charge on any atom is -0.299 e. The fourth-order valence-electron chi connectivity index (χ4n) is 11.2. The second-order valence-electron chi connectivity index (χ2n) is 15.5. The molecule has 6 rings (SSSR count). The zero-order valence-electron chi connectivity index (χ0n) is 23.5. The molecule has 1 heterocycles. The number of fused-ring (bicyclic) bond motifs is 7. The van der Waals surface area contributed by atoms with Crippen LogP contribution >= 0.6 is 0 Å². The topological polar surface area (TPSA) is 92.5 Å². The van der Waals surface area contributed by atoms with Gasteiger partial charge in [-0.3, -0.25) is 9.59 Å². The van der Waals surface area contributed by atoms with Crippen molar-refractivity contribution in [2.45, 2.75) is 118 Å². The van der Waals surface area contributed by atoms with Crippen LogP contribution in [0.4, 0.5) is 0 Å². The number of Topliss-reactive ketones (excluding diaryl/α,β-unsaturated/α-hetero) is 2. The second-order valence-corrected chi connectivity index (χ2v) is 15.5. The summed E-state index contributed by atoms with van der Waals surface area (Å²) in [7, 11) is 0. The minimum atomic E-state index is -0.291. The maximum absolute atomic E-state index is 14.5. The molecule has 1 aromatic rings. The summed E-state index contributed by atoms with van der Waals surface area (Å²) in [6.07, 6.45) is 9.71. The number of aromatic amines is 1. The standard InChI is InChI=1S/C29H45N5O2/c1-24(2)12-14-29(34-32-30-31-33-34)15-13-28(7)23(18(29)17-24)19(35)16-21-26(5)10-9-22(36)25(3,4)20(26)8-11-27(21,28)6/h18,20-21,23H,8-17H2,1-7H3/p+1/t18-,20-,21+,23-,26-,27+,28+,29-/m0/s1. The van der Waals surface area contributed by atoms with Gasteiger partial charge in [-0.15, -0.1) is 0 Å². The number of nitrogens with one attached hydrogen (secondary N) is 1. The molecule has 5 fully saturated rings. The molecular formula is C29H46N5O2+. The van der Waals surface area contributed by atoms with Crippen LogP contribution in [0.5, 0.6) is 0 Å². The molecule has 5 aliphatic rings. The Kier molecular flexibility index (Phi) is 4.97. The van der Waals surface area contributed by atoms with E-state index < -0.39 is 0 Å². The fourth-order valence-corrected chi connectivity index (χ4v) is 11.2. The Hall–Kier alpha value is -1.66. The lowest BCUT2D eigenvalue weighted by molar-refractivity contribution is -0.876. The molecule has 0 saturated heterocycles. The third kappa shape index (κ3) is 2.86. The maximum Gasteiger partial charge on any atom is 0.231 e. The van der Waals surface area contributed by atoms with Crippen molar-refractivity contribution in [1.82, 2.24) is 20.9 Å². The Morgan fingerprint density at radius 3 is 2.28 bits per heavy atom. The van der Waals surface area contributed by atoms with Gasteiger partial charge in [-0.2, -0.15) is 0 Å². The molecule has 7 nitrogen and oxygen atoms in total. The predicted octanol–water partition coefficient (Wildman–Crippen LogP) is 4.83. The molecule has 0 aromatic carbocycles. The zero-order valence-corrected chi connectivity index (χ0v) is 23.5. The number of aromatic nitrogens is 5. The van der Waals surface area contributed by atoms with E-state index in [1.165, 1.54) is 0 Å². The summed E-state index contributed by atoms with van der Waals surface area (Å²) in [5.74, 6) is 1.86. The monoisotopic (exact) mass is 496 g/mol. The van der Waals surface area contributed by atoms with Crippen LogP contribution in [-0.2, 0) is 15.1 Å². The van der Waals surface area contributed by atoms with E-state index in [0.717, 1.165) is 51.4 Å². The van der Waals surface area contributed by atoms with Crippen LogP contribution in [0.25, 0.3) is 0 Å². The third-order valence-electron chi connectivity index (χ3n) is 13.4. The highest BCUT2D eigenvalue weighted by atomic mass is 16.1. The molecular weight excluding hydrogens is 450 g/mol. The number of hydrogen-bond acceptors (Lipinski definition) is 5. The molecule has 7 heteroatoms. The van der Waals surface area contributed by atoms with Gasteiger partial charge in [0.2, 0.25) is 10.4 Å². The van der Waals surface area contributed by atoms with E-state index in [-0.39, 0.29) is 44.4 Å². The van der Waals surface area contributed by atoms with Crippen molar-refractivity contribution in [2.24, 2.45) is 50.7 Å². The summed E-state index contributed by atoms with van der Waals surface area (Å²) in [5, 5.41) is 15.3. The predicted molar refractivity (Wildman–Crippen MR) is 134 cm³/mol. The highest BCUT2D eigenvalue weighted by Crippen LogP contribution is 2.75. The van der Waals surface area contributed by atoms with Crippen molar-refractivity contribution in [3.8, 4) is 0 Å². The van der Waals surface area contributed by atoms with E-state index in [4.69, 9.17) is 0 Å². The lowest BCUT2D eigenvalue weighted by Gasteiger charge is -2.72. The molecule has 0 bridgehead atoms. The minimum absolute atomic E-state index is 0.0306. The van der Waals surface area contributed by atoms with Crippen molar-refractivity contribution in [1.29, 1.82) is 0 Å². The Labute approximate surface area is 215 Å². The highest BCUT2D eigenvalue weighted by molar-refractivity contribution is 5.86. The van der Waals surface area contributed by atoms with Gasteiger partial charge in [0.1, 0.15) is 22.3 Å². The Morgan fingerprint density at radius 1 is 0.861 bits per heavy atom. The molecule has 0 amide bonds. The van der Waals surface area contributed by atoms with Gasteiger partial charge >= 0.3 is 0 Å². The normalized spacial score (nSPS) is 49.4. The smallest absolute Gasteiger partial charge is 0.231 e. The largest absolute Gasteiger partial charge is 0.299 e. The summed E-state index contributed by atoms with van der Waals surface area (Å²) in [5.41, 5.74) is -0.218. The van der Waals surface area contributed by atoms with Gasteiger partial charge in [0.05, 0.1) is 0 Å². The summed E-state index contributed by atoms with van der Waals surface area (Å²) in [6, 6.07) is 0.